The molecule has 0 atom stereocenters. The zero-order chi connectivity index (χ0) is 13.9. The molecule has 100 valence electrons. The Labute approximate surface area is 119 Å². The molecule has 20 heavy (non-hydrogen) atoms. The summed E-state index contributed by atoms with van der Waals surface area (Å²) in [7, 11) is 0. The van der Waals surface area contributed by atoms with E-state index in [0.717, 1.165) is 34.7 Å². The molecule has 0 bridgehead atoms. The third-order valence-electron chi connectivity index (χ3n) is 3.52. The van der Waals surface area contributed by atoms with Crippen molar-refractivity contribution in [1.82, 2.24) is 0 Å². The average Bonchev–Trinajstić information content (AvgIpc) is 3.01. The molecule has 3 rings (SSSR count). The minimum atomic E-state index is 0.668. The number of ether oxygens (including phenoxy) is 1. The monoisotopic (exact) mass is 263 g/mol. The van der Waals surface area contributed by atoms with Crippen LogP contribution in [0, 0.1) is 6.92 Å². The molecule has 1 aliphatic rings. The molecule has 0 saturated heterocycles. The molecular formula is C18H17NO. The Hall–Kier alpha value is -2.35. The van der Waals surface area contributed by atoms with E-state index in [1.54, 1.807) is 0 Å². The Morgan fingerprint density at radius 3 is 2.60 bits per heavy atom. The van der Waals surface area contributed by atoms with E-state index >= 15 is 0 Å². The number of aliphatic imine (C=N–C) groups is 1. The SMILES string of the molecule is C=C(c1ccccc1)c1cccc(C)c1C1=NCCO1. The third kappa shape index (κ3) is 2.25. The molecule has 0 aliphatic carbocycles. The van der Waals surface area contributed by atoms with Gasteiger partial charge in [0.1, 0.15) is 6.61 Å². The number of benzene rings is 2. The van der Waals surface area contributed by atoms with E-state index in [2.05, 4.69) is 48.8 Å². The highest BCUT2D eigenvalue weighted by Gasteiger charge is 2.18. The van der Waals surface area contributed by atoms with Gasteiger partial charge in [0.15, 0.2) is 0 Å². The fraction of sp³-hybridized carbons (Fsp3) is 0.167. The van der Waals surface area contributed by atoms with Crippen molar-refractivity contribution < 1.29 is 4.74 Å². The zero-order valence-electron chi connectivity index (χ0n) is 11.6. The molecule has 0 saturated carbocycles. The van der Waals surface area contributed by atoms with E-state index in [1.165, 1.54) is 5.56 Å². The van der Waals surface area contributed by atoms with Crippen molar-refractivity contribution >= 4 is 11.5 Å². The maximum Gasteiger partial charge on any atom is 0.217 e. The molecule has 0 amide bonds. The fourth-order valence-corrected chi connectivity index (χ4v) is 2.48. The predicted molar refractivity (Wildman–Crippen MR) is 83.1 cm³/mol. The largest absolute Gasteiger partial charge is 0.475 e. The van der Waals surface area contributed by atoms with E-state index in [1.807, 2.05) is 18.2 Å². The molecule has 2 heteroatoms. The quantitative estimate of drug-likeness (QED) is 0.824. The summed E-state index contributed by atoms with van der Waals surface area (Å²) in [6.07, 6.45) is 0. The number of nitrogens with zero attached hydrogens (tertiary/aromatic N) is 1. The topological polar surface area (TPSA) is 21.6 Å². The van der Waals surface area contributed by atoms with Gasteiger partial charge < -0.3 is 4.74 Å². The Kier molecular flexibility index (Phi) is 3.38. The molecule has 1 heterocycles. The molecule has 0 N–H and O–H groups in total. The lowest BCUT2D eigenvalue weighted by Gasteiger charge is -2.14. The minimum Gasteiger partial charge on any atom is -0.475 e. The Bertz CT molecular complexity index is 671. The van der Waals surface area contributed by atoms with Gasteiger partial charge in [0, 0.05) is 5.56 Å². The second-order valence-electron chi connectivity index (χ2n) is 4.88. The lowest BCUT2D eigenvalue weighted by Crippen LogP contribution is -2.08. The zero-order valence-corrected chi connectivity index (χ0v) is 11.6. The minimum absolute atomic E-state index is 0.668. The Morgan fingerprint density at radius 1 is 1.10 bits per heavy atom. The first-order valence-electron chi connectivity index (χ1n) is 6.79. The van der Waals surface area contributed by atoms with Crippen LogP contribution in [0.2, 0.25) is 0 Å². The van der Waals surface area contributed by atoms with Gasteiger partial charge in [0.05, 0.1) is 6.54 Å². The van der Waals surface area contributed by atoms with Crippen LogP contribution >= 0.6 is 0 Å². The van der Waals surface area contributed by atoms with Crippen molar-refractivity contribution in [3.63, 3.8) is 0 Å². The van der Waals surface area contributed by atoms with Crippen molar-refractivity contribution in [3.05, 3.63) is 77.4 Å². The van der Waals surface area contributed by atoms with Crippen molar-refractivity contribution in [3.8, 4) is 0 Å². The lowest BCUT2D eigenvalue weighted by molar-refractivity contribution is 0.348. The van der Waals surface area contributed by atoms with Crippen LogP contribution in [-0.2, 0) is 4.74 Å². The molecule has 0 fully saturated rings. The van der Waals surface area contributed by atoms with Gasteiger partial charge >= 0.3 is 0 Å². The van der Waals surface area contributed by atoms with E-state index in [9.17, 15) is 0 Å². The maximum atomic E-state index is 5.66. The third-order valence-corrected chi connectivity index (χ3v) is 3.52. The predicted octanol–water partition coefficient (Wildman–Crippen LogP) is 3.83. The Balaban J connectivity index is 2.10. The fourth-order valence-electron chi connectivity index (χ4n) is 2.48. The van der Waals surface area contributed by atoms with Gasteiger partial charge in [0.25, 0.3) is 0 Å². The van der Waals surface area contributed by atoms with Crippen molar-refractivity contribution in [2.45, 2.75) is 6.92 Å². The van der Waals surface area contributed by atoms with E-state index in [0.29, 0.717) is 6.61 Å². The summed E-state index contributed by atoms with van der Waals surface area (Å²) in [4.78, 5) is 4.46. The molecule has 0 radical (unpaired) electrons. The second kappa shape index (κ2) is 5.33. The van der Waals surface area contributed by atoms with Crippen LogP contribution in [0.5, 0.6) is 0 Å². The molecule has 0 unspecified atom stereocenters. The number of aryl methyl sites for hydroxylation is 1. The van der Waals surface area contributed by atoms with Crippen molar-refractivity contribution in [2.75, 3.05) is 13.2 Å². The molecule has 0 aromatic heterocycles. The number of hydrogen-bond donors (Lipinski definition) is 0. The first kappa shape index (κ1) is 12.7. The number of rotatable bonds is 3. The molecule has 2 aromatic rings. The van der Waals surface area contributed by atoms with E-state index < -0.39 is 0 Å². The first-order chi connectivity index (χ1) is 9.77. The van der Waals surface area contributed by atoms with Crippen LogP contribution < -0.4 is 0 Å². The molecule has 2 nitrogen and oxygen atoms in total. The molecular weight excluding hydrogens is 246 g/mol. The average molecular weight is 263 g/mol. The summed E-state index contributed by atoms with van der Waals surface area (Å²) in [5.74, 6) is 0.746. The molecule has 0 spiro atoms. The van der Waals surface area contributed by atoms with Gasteiger partial charge in [-0.1, -0.05) is 55.1 Å². The second-order valence-corrected chi connectivity index (χ2v) is 4.88. The standard InChI is InChI=1S/C18H17NO/c1-13-7-6-10-16(17(13)18-19-11-12-20-18)14(2)15-8-4-3-5-9-15/h3-10H,2,11-12H2,1H3. The summed E-state index contributed by atoms with van der Waals surface area (Å²) >= 11 is 0. The molecule has 2 aromatic carbocycles. The summed E-state index contributed by atoms with van der Waals surface area (Å²) in [6, 6.07) is 16.4. The van der Waals surface area contributed by atoms with Gasteiger partial charge in [-0.25, -0.2) is 4.99 Å². The van der Waals surface area contributed by atoms with Crippen molar-refractivity contribution in [2.24, 2.45) is 4.99 Å². The van der Waals surface area contributed by atoms with E-state index in [4.69, 9.17) is 4.74 Å². The molecule has 1 aliphatic heterocycles. The van der Waals surface area contributed by atoms with Crippen LogP contribution in [0.25, 0.3) is 5.57 Å². The summed E-state index contributed by atoms with van der Waals surface area (Å²) in [5.41, 5.74) is 5.45. The van der Waals surface area contributed by atoms with Gasteiger partial charge in [-0.15, -0.1) is 0 Å². The summed E-state index contributed by atoms with van der Waals surface area (Å²) in [5, 5.41) is 0. The van der Waals surface area contributed by atoms with Crippen molar-refractivity contribution in [1.29, 1.82) is 0 Å². The highest BCUT2D eigenvalue weighted by molar-refractivity contribution is 6.02. The van der Waals surface area contributed by atoms with Gasteiger partial charge in [-0.2, -0.15) is 0 Å². The van der Waals surface area contributed by atoms with Crippen LogP contribution in [0.1, 0.15) is 22.3 Å². The van der Waals surface area contributed by atoms with Crippen LogP contribution in [0.15, 0.2) is 60.1 Å². The first-order valence-corrected chi connectivity index (χ1v) is 6.79. The van der Waals surface area contributed by atoms with Gasteiger partial charge in [-0.3, -0.25) is 0 Å². The summed E-state index contributed by atoms with van der Waals surface area (Å²) in [6.45, 7) is 7.75. The highest BCUT2D eigenvalue weighted by atomic mass is 16.5. The van der Waals surface area contributed by atoms with Crippen LogP contribution in [0.4, 0.5) is 0 Å². The highest BCUT2D eigenvalue weighted by Crippen LogP contribution is 2.28. The maximum absolute atomic E-state index is 5.66. The number of hydrogen-bond acceptors (Lipinski definition) is 2. The smallest absolute Gasteiger partial charge is 0.217 e. The van der Waals surface area contributed by atoms with Gasteiger partial charge in [-0.05, 0) is 29.2 Å². The normalized spacial score (nSPS) is 13.8. The van der Waals surface area contributed by atoms with Crippen LogP contribution in [0.3, 0.4) is 0 Å². The van der Waals surface area contributed by atoms with Gasteiger partial charge in [0.2, 0.25) is 5.90 Å². The summed E-state index contributed by atoms with van der Waals surface area (Å²) < 4.78 is 5.66. The van der Waals surface area contributed by atoms with E-state index in [-0.39, 0.29) is 0 Å². The van der Waals surface area contributed by atoms with Crippen LogP contribution in [-0.4, -0.2) is 19.0 Å². The Morgan fingerprint density at radius 2 is 1.90 bits per heavy atom. The lowest BCUT2D eigenvalue weighted by atomic mass is 9.92.